The van der Waals surface area contributed by atoms with Gasteiger partial charge in [-0.1, -0.05) is 38.5 Å². The van der Waals surface area contributed by atoms with Crippen LogP contribution in [0.25, 0.3) is 0 Å². The third kappa shape index (κ3) is 6.68. The van der Waals surface area contributed by atoms with Crippen molar-refractivity contribution in [2.45, 2.75) is 57.5 Å². The number of unbranched alkanes of at least 4 members (excludes halogenated alkanes) is 6. The van der Waals surface area contributed by atoms with Crippen LogP contribution in [0.4, 0.5) is 0 Å². The zero-order valence-electron chi connectivity index (χ0n) is 13.8. The summed E-state index contributed by atoms with van der Waals surface area (Å²) in [5.41, 5.74) is 0.0692. The molecule has 0 aromatic heterocycles. The van der Waals surface area contributed by atoms with Crippen LogP contribution >= 0.6 is 0 Å². The molecule has 0 radical (unpaired) electrons. The molecular weight excluding hydrogens is 312 g/mol. The lowest BCUT2D eigenvalue weighted by atomic mass is 9.95. The maximum absolute atomic E-state index is 11.2. The Labute approximate surface area is 141 Å². The summed E-state index contributed by atoms with van der Waals surface area (Å²) in [5, 5.41) is 37.1. The molecule has 4 N–H and O–H groups in total. The van der Waals surface area contributed by atoms with E-state index in [-0.39, 0.29) is 23.3 Å². The van der Waals surface area contributed by atoms with Gasteiger partial charge in [0, 0.05) is 6.61 Å². The minimum atomic E-state index is -1.18. The molecule has 0 spiro atoms. The van der Waals surface area contributed by atoms with Crippen molar-refractivity contribution in [2.75, 3.05) is 6.61 Å². The fraction of sp³-hybridized carbons (Fsp3) is 0.556. The molecule has 0 bridgehead atoms. The lowest BCUT2D eigenvalue weighted by molar-refractivity contribution is 0.0674. The van der Waals surface area contributed by atoms with Crippen molar-refractivity contribution in [1.29, 1.82) is 0 Å². The number of hydrogen-bond donors (Lipinski definition) is 4. The number of rotatable bonds is 12. The molecule has 0 aliphatic carbocycles. The number of carboxylic acids is 2. The van der Waals surface area contributed by atoms with Gasteiger partial charge in [-0.2, -0.15) is 0 Å². The Kier molecular flexibility index (Phi) is 9.04. The Morgan fingerprint density at radius 2 is 1.46 bits per heavy atom. The van der Waals surface area contributed by atoms with Gasteiger partial charge in [0.25, 0.3) is 0 Å². The van der Waals surface area contributed by atoms with E-state index in [0.29, 0.717) is 6.42 Å². The predicted molar refractivity (Wildman–Crippen MR) is 89.3 cm³/mol. The highest BCUT2D eigenvalue weighted by Crippen LogP contribution is 2.25. The van der Waals surface area contributed by atoms with Crippen molar-refractivity contribution in [2.24, 2.45) is 0 Å². The van der Waals surface area contributed by atoms with Gasteiger partial charge in [0.15, 0.2) is 0 Å². The lowest BCUT2D eigenvalue weighted by Gasteiger charge is -2.14. The van der Waals surface area contributed by atoms with Crippen LogP contribution in [0.1, 0.15) is 83.7 Å². The fourth-order valence-corrected chi connectivity index (χ4v) is 2.66. The fourth-order valence-electron chi connectivity index (χ4n) is 2.66. The Morgan fingerprint density at radius 1 is 0.875 bits per heavy atom. The molecule has 1 atom stereocenters. The summed E-state index contributed by atoms with van der Waals surface area (Å²) in [7, 11) is 0. The highest BCUT2D eigenvalue weighted by Gasteiger charge is 2.19. The Bertz CT molecular complexity index is 540. The molecule has 0 saturated carbocycles. The van der Waals surface area contributed by atoms with Crippen LogP contribution in [0, 0.1) is 0 Å². The summed E-state index contributed by atoms with van der Waals surface area (Å²) in [6.07, 6.45) is 6.12. The van der Waals surface area contributed by atoms with Crippen LogP contribution in [-0.4, -0.2) is 39.0 Å². The van der Waals surface area contributed by atoms with Crippen molar-refractivity contribution in [3.8, 4) is 0 Å². The van der Waals surface area contributed by atoms with Crippen LogP contribution < -0.4 is 0 Å². The number of hydrogen-bond acceptors (Lipinski definition) is 4. The number of aliphatic hydroxyl groups excluding tert-OH is 2. The maximum atomic E-state index is 11.2. The first-order valence-corrected chi connectivity index (χ1v) is 8.36. The zero-order valence-corrected chi connectivity index (χ0v) is 13.8. The van der Waals surface area contributed by atoms with E-state index in [0.717, 1.165) is 44.9 Å². The number of aliphatic hydroxyl groups is 2. The van der Waals surface area contributed by atoms with Gasteiger partial charge in [0.05, 0.1) is 17.2 Å². The second kappa shape index (κ2) is 10.8. The van der Waals surface area contributed by atoms with Crippen LogP contribution in [0.3, 0.4) is 0 Å². The van der Waals surface area contributed by atoms with Crippen molar-refractivity contribution >= 4 is 11.9 Å². The third-order valence-electron chi connectivity index (χ3n) is 4.02. The molecule has 0 fully saturated rings. The van der Waals surface area contributed by atoms with Gasteiger partial charge in [0.1, 0.15) is 0 Å². The molecule has 1 unspecified atom stereocenters. The van der Waals surface area contributed by atoms with Gasteiger partial charge < -0.3 is 20.4 Å². The summed E-state index contributed by atoms with van der Waals surface area (Å²) in [6, 6.07) is 3.70. The molecule has 6 nitrogen and oxygen atoms in total. The van der Waals surface area contributed by atoms with Gasteiger partial charge in [-0.25, -0.2) is 9.59 Å². The highest BCUT2D eigenvalue weighted by molar-refractivity contribution is 5.93. The summed E-state index contributed by atoms with van der Waals surface area (Å²) in [5.74, 6) is -2.33. The highest BCUT2D eigenvalue weighted by atomic mass is 16.4. The van der Waals surface area contributed by atoms with Gasteiger partial charge in [-0.05, 0) is 36.6 Å². The summed E-state index contributed by atoms with van der Waals surface area (Å²) >= 11 is 0. The molecule has 1 aromatic carbocycles. The van der Waals surface area contributed by atoms with E-state index >= 15 is 0 Å². The Balaban J connectivity index is 2.51. The van der Waals surface area contributed by atoms with Crippen LogP contribution in [-0.2, 0) is 0 Å². The quantitative estimate of drug-likeness (QED) is 0.435. The average Bonchev–Trinajstić information content (AvgIpc) is 2.56. The third-order valence-corrected chi connectivity index (χ3v) is 4.02. The predicted octanol–water partition coefficient (Wildman–Crippen LogP) is 3.23. The number of aromatic carboxylic acids is 2. The minimum Gasteiger partial charge on any atom is -0.478 e. The minimum absolute atomic E-state index is 0.0297. The maximum Gasteiger partial charge on any atom is 0.336 e. The summed E-state index contributed by atoms with van der Waals surface area (Å²) in [4.78, 5) is 22.3. The number of benzene rings is 1. The lowest BCUT2D eigenvalue weighted by Crippen LogP contribution is -2.10. The van der Waals surface area contributed by atoms with E-state index in [1.165, 1.54) is 18.2 Å². The first-order chi connectivity index (χ1) is 11.5. The van der Waals surface area contributed by atoms with Crippen molar-refractivity contribution in [3.05, 3.63) is 34.9 Å². The van der Waals surface area contributed by atoms with E-state index in [1.54, 1.807) is 0 Å². The topological polar surface area (TPSA) is 115 Å². The standard InChI is InChI=1S/C18H26O6/c19-11-7-5-3-1-2-4-6-8-16(20)15-12-13(17(21)22)9-10-14(15)18(23)24/h9-10,12,16,19-20H,1-8,11H2,(H,21,22)(H,23,24). The Morgan fingerprint density at radius 3 is 2.00 bits per heavy atom. The molecule has 0 heterocycles. The van der Waals surface area contributed by atoms with Crippen LogP contribution in [0.2, 0.25) is 0 Å². The first kappa shape index (κ1) is 20.1. The monoisotopic (exact) mass is 338 g/mol. The Hall–Kier alpha value is -1.92. The van der Waals surface area contributed by atoms with Crippen molar-refractivity contribution in [3.63, 3.8) is 0 Å². The molecule has 0 amide bonds. The van der Waals surface area contributed by atoms with Gasteiger partial charge in [0.2, 0.25) is 0 Å². The normalized spacial score (nSPS) is 12.1. The molecule has 0 saturated heterocycles. The first-order valence-electron chi connectivity index (χ1n) is 8.36. The van der Waals surface area contributed by atoms with E-state index < -0.39 is 18.0 Å². The van der Waals surface area contributed by atoms with Crippen LogP contribution in [0.15, 0.2) is 18.2 Å². The molecule has 6 heteroatoms. The molecule has 134 valence electrons. The van der Waals surface area contributed by atoms with E-state index in [1.807, 2.05) is 0 Å². The van der Waals surface area contributed by atoms with Gasteiger partial charge >= 0.3 is 11.9 Å². The van der Waals surface area contributed by atoms with E-state index in [2.05, 4.69) is 0 Å². The van der Waals surface area contributed by atoms with Crippen molar-refractivity contribution < 1.29 is 30.0 Å². The van der Waals surface area contributed by atoms with Gasteiger partial charge in [-0.15, -0.1) is 0 Å². The molecule has 0 aliphatic heterocycles. The molecular formula is C18H26O6. The van der Waals surface area contributed by atoms with Gasteiger partial charge in [-0.3, -0.25) is 0 Å². The average molecular weight is 338 g/mol. The van der Waals surface area contributed by atoms with E-state index in [9.17, 15) is 19.8 Å². The number of carboxylic acid groups (broad SMARTS) is 2. The van der Waals surface area contributed by atoms with Crippen LogP contribution in [0.5, 0.6) is 0 Å². The molecule has 1 aromatic rings. The second-order valence-electron chi connectivity index (χ2n) is 5.92. The SMILES string of the molecule is O=C(O)c1ccc(C(=O)O)c(C(O)CCCCCCCCCO)c1. The summed E-state index contributed by atoms with van der Waals surface area (Å²) < 4.78 is 0. The number of carbonyl (C=O) groups is 2. The summed E-state index contributed by atoms with van der Waals surface area (Å²) in [6.45, 7) is 0.230. The molecule has 0 aliphatic rings. The molecule has 1 rings (SSSR count). The largest absolute Gasteiger partial charge is 0.478 e. The molecule has 24 heavy (non-hydrogen) atoms. The smallest absolute Gasteiger partial charge is 0.336 e. The zero-order chi connectivity index (χ0) is 17.9. The second-order valence-corrected chi connectivity index (χ2v) is 5.92. The van der Waals surface area contributed by atoms with Crippen molar-refractivity contribution in [1.82, 2.24) is 0 Å². The van der Waals surface area contributed by atoms with E-state index in [4.69, 9.17) is 10.2 Å².